The summed E-state index contributed by atoms with van der Waals surface area (Å²) in [6.07, 6.45) is -5.09. The molecular weight excluding hydrogens is 465 g/mol. The summed E-state index contributed by atoms with van der Waals surface area (Å²) < 4.78 is 46.9. The first kappa shape index (κ1) is 24.6. The van der Waals surface area contributed by atoms with Gasteiger partial charge in [-0.1, -0.05) is 61.4 Å². The molecule has 2 aromatic rings. The van der Waals surface area contributed by atoms with Crippen molar-refractivity contribution in [2.24, 2.45) is 5.92 Å². The SMILES string of the molecule is CC(NC(=O)OCC1c2ccccc2-c2ccccc21)(C(=O)N[C@@H](CC1CC1)C(=O)O)C(F)(F)F. The molecule has 0 heterocycles. The second-order valence-corrected chi connectivity index (χ2v) is 9.12. The summed E-state index contributed by atoms with van der Waals surface area (Å²) in [6, 6.07) is 13.5. The molecule has 0 saturated heterocycles. The number of alkyl carbamates (subject to hydrolysis) is 1. The van der Waals surface area contributed by atoms with E-state index >= 15 is 0 Å². The normalized spacial score (nSPS) is 17.5. The largest absolute Gasteiger partial charge is 0.480 e. The number of carboxylic acids is 1. The lowest BCUT2D eigenvalue weighted by Gasteiger charge is -2.32. The lowest BCUT2D eigenvalue weighted by molar-refractivity contribution is -0.195. The van der Waals surface area contributed by atoms with E-state index in [-0.39, 0.29) is 24.9 Å². The van der Waals surface area contributed by atoms with Gasteiger partial charge in [0.2, 0.25) is 5.54 Å². The Labute approximate surface area is 199 Å². The Balaban J connectivity index is 1.46. The molecule has 2 amide bonds. The van der Waals surface area contributed by atoms with Gasteiger partial charge in [0.15, 0.2) is 0 Å². The Kier molecular flexibility index (Phi) is 6.48. The molecule has 3 N–H and O–H groups in total. The van der Waals surface area contributed by atoms with Gasteiger partial charge in [0, 0.05) is 5.92 Å². The fourth-order valence-electron chi connectivity index (χ4n) is 4.31. The van der Waals surface area contributed by atoms with Crippen LogP contribution in [-0.4, -0.2) is 47.4 Å². The highest BCUT2D eigenvalue weighted by atomic mass is 19.4. The molecule has 1 unspecified atom stereocenters. The third-order valence-corrected chi connectivity index (χ3v) is 6.59. The number of rotatable bonds is 8. The van der Waals surface area contributed by atoms with E-state index in [9.17, 15) is 32.7 Å². The molecule has 0 spiro atoms. The van der Waals surface area contributed by atoms with Crippen LogP contribution in [0.4, 0.5) is 18.0 Å². The molecule has 0 radical (unpaired) electrons. The van der Waals surface area contributed by atoms with Crippen LogP contribution in [0.1, 0.15) is 43.2 Å². The number of nitrogens with one attached hydrogen (secondary N) is 2. The number of aliphatic carboxylic acids is 1. The van der Waals surface area contributed by atoms with E-state index in [0.717, 1.165) is 35.1 Å². The number of carboxylic acid groups (broad SMARTS) is 1. The number of halogens is 3. The quantitative estimate of drug-likeness (QED) is 0.514. The van der Waals surface area contributed by atoms with Crippen LogP contribution >= 0.6 is 0 Å². The first-order valence-corrected chi connectivity index (χ1v) is 11.2. The molecule has 186 valence electrons. The molecule has 35 heavy (non-hydrogen) atoms. The number of carbonyl (C=O) groups excluding carboxylic acids is 2. The van der Waals surface area contributed by atoms with Crippen LogP contribution in [0.3, 0.4) is 0 Å². The van der Waals surface area contributed by atoms with Gasteiger partial charge in [-0.2, -0.15) is 13.2 Å². The number of fused-ring (bicyclic) bond motifs is 3. The van der Waals surface area contributed by atoms with Crippen LogP contribution in [0.5, 0.6) is 0 Å². The van der Waals surface area contributed by atoms with Crippen molar-refractivity contribution in [1.82, 2.24) is 10.6 Å². The summed E-state index contributed by atoms with van der Waals surface area (Å²) in [7, 11) is 0. The van der Waals surface area contributed by atoms with Crippen LogP contribution in [0.15, 0.2) is 48.5 Å². The van der Waals surface area contributed by atoms with Crippen molar-refractivity contribution >= 4 is 18.0 Å². The van der Waals surface area contributed by atoms with E-state index in [1.54, 1.807) is 5.32 Å². The van der Waals surface area contributed by atoms with Gasteiger partial charge >= 0.3 is 18.2 Å². The standard InChI is InChI=1S/C25H25F3N2O5/c1-24(25(26,27)28,22(33)29-20(21(31)32)12-14-10-11-14)30-23(34)35-13-19-17-8-4-2-6-15(17)16-7-3-5-9-18(16)19/h2-9,14,19-20H,10-13H2,1H3,(H,29,33)(H,30,34)(H,31,32)/t20-,24?/m0/s1. The average Bonchev–Trinajstić information content (AvgIpc) is 3.57. The molecular formula is C25H25F3N2O5. The van der Waals surface area contributed by atoms with Crippen LogP contribution < -0.4 is 10.6 Å². The van der Waals surface area contributed by atoms with Gasteiger partial charge < -0.3 is 15.2 Å². The van der Waals surface area contributed by atoms with Crippen molar-refractivity contribution in [2.75, 3.05) is 6.61 Å². The zero-order valence-corrected chi connectivity index (χ0v) is 18.9. The van der Waals surface area contributed by atoms with Gasteiger partial charge in [-0.05, 0) is 41.5 Å². The van der Waals surface area contributed by atoms with E-state index in [2.05, 4.69) is 0 Å². The minimum atomic E-state index is -5.20. The molecule has 2 aromatic carbocycles. The maximum atomic E-state index is 13.9. The Morgan fingerprint density at radius 1 is 1.03 bits per heavy atom. The van der Waals surface area contributed by atoms with Gasteiger partial charge in [-0.15, -0.1) is 0 Å². The van der Waals surface area contributed by atoms with E-state index in [1.165, 1.54) is 0 Å². The molecule has 4 rings (SSSR count). The number of ether oxygens (including phenoxy) is 1. The van der Waals surface area contributed by atoms with Crippen molar-refractivity contribution in [1.29, 1.82) is 0 Å². The Morgan fingerprint density at radius 2 is 1.57 bits per heavy atom. The molecule has 7 nitrogen and oxygen atoms in total. The highest BCUT2D eigenvalue weighted by Crippen LogP contribution is 2.44. The van der Waals surface area contributed by atoms with Crippen molar-refractivity contribution < 1.29 is 37.4 Å². The summed E-state index contributed by atoms with van der Waals surface area (Å²) in [5, 5.41) is 12.9. The second-order valence-electron chi connectivity index (χ2n) is 9.12. The zero-order chi connectivity index (χ0) is 25.4. The van der Waals surface area contributed by atoms with Crippen molar-refractivity contribution in [3.8, 4) is 11.1 Å². The number of amides is 2. The third-order valence-electron chi connectivity index (χ3n) is 6.59. The zero-order valence-electron chi connectivity index (χ0n) is 18.9. The number of alkyl halides is 3. The maximum Gasteiger partial charge on any atom is 0.420 e. The predicted octanol–water partition coefficient (Wildman–Crippen LogP) is 4.22. The van der Waals surface area contributed by atoms with E-state index in [0.29, 0.717) is 6.92 Å². The third kappa shape index (κ3) is 4.96. The molecule has 0 aliphatic heterocycles. The Hall–Kier alpha value is -3.56. The molecule has 2 aliphatic carbocycles. The average molecular weight is 490 g/mol. The maximum absolute atomic E-state index is 13.9. The number of hydrogen-bond acceptors (Lipinski definition) is 4. The van der Waals surface area contributed by atoms with Gasteiger partial charge in [-0.25, -0.2) is 9.59 Å². The molecule has 0 bridgehead atoms. The number of hydrogen-bond donors (Lipinski definition) is 3. The lowest BCUT2D eigenvalue weighted by Crippen LogP contribution is -2.66. The van der Waals surface area contributed by atoms with Gasteiger partial charge in [0.05, 0.1) is 0 Å². The molecule has 1 saturated carbocycles. The van der Waals surface area contributed by atoms with E-state index in [4.69, 9.17) is 4.74 Å². The topological polar surface area (TPSA) is 105 Å². The monoisotopic (exact) mass is 490 g/mol. The highest BCUT2D eigenvalue weighted by molar-refractivity contribution is 5.93. The van der Waals surface area contributed by atoms with Gasteiger partial charge in [0.25, 0.3) is 5.91 Å². The minimum absolute atomic E-state index is 0.0277. The fourth-order valence-corrected chi connectivity index (χ4v) is 4.31. The smallest absolute Gasteiger partial charge is 0.420 e. The van der Waals surface area contributed by atoms with Crippen LogP contribution in [0, 0.1) is 5.92 Å². The predicted molar refractivity (Wildman–Crippen MR) is 120 cm³/mol. The molecule has 10 heteroatoms. The molecule has 2 atom stereocenters. The molecule has 0 aromatic heterocycles. The van der Waals surface area contributed by atoms with Crippen molar-refractivity contribution in [3.05, 3.63) is 59.7 Å². The van der Waals surface area contributed by atoms with Gasteiger partial charge in [-0.3, -0.25) is 10.1 Å². The molecule has 2 aliphatic rings. The minimum Gasteiger partial charge on any atom is -0.480 e. The Bertz CT molecular complexity index is 1100. The summed E-state index contributed by atoms with van der Waals surface area (Å²) in [5.74, 6) is -3.43. The second kappa shape index (κ2) is 9.24. The summed E-state index contributed by atoms with van der Waals surface area (Å²) in [6.45, 7) is 0.245. The first-order chi connectivity index (χ1) is 16.5. The van der Waals surface area contributed by atoms with Crippen LogP contribution in [0.25, 0.3) is 11.1 Å². The molecule has 1 fully saturated rings. The summed E-state index contributed by atoms with van der Waals surface area (Å²) in [5.41, 5.74) is 0.274. The number of carbonyl (C=O) groups is 3. The van der Waals surface area contributed by atoms with E-state index < -0.39 is 35.7 Å². The Morgan fingerprint density at radius 3 is 2.06 bits per heavy atom. The van der Waals surface area contributed by atoms with E-state index in [1.807, 2.05) is 53.8 Å². The summed E-state index contributed by atoms with van der Waals surface area (Å²) in [4.78, 5) is 36.5. The van der Waals surface area contributed by atoms with Gasteiger partial charge in [0.1, 0.15) is 12.6 Å². The van der Waals surface area contributed by atoms with Crippen LogP contribution in [-0.2, 0) is 14.3 Å². The number of benzene rings is 2. The summed E-state index contributed by atoms with van der Waals surface area (Å²) >= 11 is 0. The van der Waals surface area contributed by atoms with Crippen molar-refractivity contribution in [3.63, 3.8) is 0 Å². The lowest BCUT2D eigenvalue weighted by atomic mass is 9.98. The fraction of sp³-hybridized carbons (Fsp3) is 0.400. The van der Waals surface area contributed by atoms with Crippen LogP contribution in [0.2, 0.25) is 0 Å². The van der Waals surface area contributed by atoms with Crippen molar-refractivity contribution in [2.45, 2.75) is 49.9 Å². The highest BCUT2D eigenvalue weighted by Gasteiger charge is 2.59. The first-order valence-electron chi connectivity index (χ1n) is 11.2.